The van der Waals surface area contributed by atoms with E-state index in [0.717, 1.165) is 12.8 Å². The Balaban J connectivity index is 2.66. The number of ether oxygens (including phenoxy) is 1. The Hall–Kier alpha value is -0.570. The van der Waals surface area contributed by atoms with Crippen molar-refractivity contribution in [3.63, 3.8) is 0 Å². The molecule has 4 atom stereocenters. The zero-order valence-corrected chi connectivity index (χ0v) is 10.5. The van der Waals surface area contributed by atoms with E-state index in [9.17, 15) is 4.79 Å². The van der Waals surface area contributed by atoms with E-state index in [-0.39, 0.29) is 17.9 Å². The maximum absolute atomic E-state index is 12.2. The van der Waals surface area contributed by atoms with Gasteiger partial charge in [-0.15, -0.1) is 0 Å². The van der Waals surface area contributed by atoms with Gasteiger partial charge in [0.05, 0.1) is 12.0 Å². The van der Waals surface area contributed by atoms with Gasteiger partial charge in [-0.05, 0) is 33.6 Å². The lowest BCUT2D eigenvalue weighted by molar-refractivity contribution is -0.141. The molecule has 0 aromatic carbocycles. The van der Waals surface area contributed by atoms with E-state index in [1.54, 1.807) is 7.11 Å². The third-order valence-electron chi connectivity index (χ3n) is 3.67. The highest BCUT2D eigenvalue weighted by Crippen LogP contribution is 2.26. The number of nitrogens with zero attached hydrogens (tertiary/aromatic N) is 1. The Labute approximate surface area is 92.8 Å². The van der Waals surface area contributed by atoms with Crippen LogP contribution < -0.4 is 0 Å². The minimum absolute atomic E-state index is 0.00231. The summed E-state index contributed by atoms with van der Waals surface area (Å²) in [7, 11) is 1.66. The number of likely N-dealkylation sites (tertiary alicyclic amines) is 1. The van der Waals surface area contributed by atoms with Gasteiger partial charge in [-0.1, -0.05) is 6.92 Å². The van der Waals surface area contributed by atoms with Crippen LogP contribution in [0.1, 0.15) is 40.5 Å². The van der Waals surface area contributed by atoms with Gasteiger partial charge in [0, 0.05) is 19.2 Å². The summed E-state index contributed by atoms with van der Waals surface area (Å²) in [6.07, 6.45) is 2.25. The van der Waals surface area contributed by atoms with Crippen molar-refractivity contribution in [2.45, 2.75) is 58.7 Å². The van der Waals surface area contributed by atoms with Crippen molar-refractivity contribution in [1.82, 2.24) is 4.90 Å². The molecule has 1 heterocycles. The molecule has 0 aliphatic carbocycles. The predicted octanol–water partition coefficient (Wildman–Crippen LogP) is 2.06. The van der Waals surface area contributed by atoms with Gasteiger partial charge in [0.25, 0.3) is 0 Å². The van der Waals surface area contributed by atoms with E-state index in [1.807, 2.05) is 18.7 Å². The second kappa shape index (κ2) is 4.97. The Bertz CT molecular complexity index is 220. The molecule has 0 N–H and O–H groups in total. The summed E-state index contributed by atoms with van der Waals surface area (Å²) in [5.41, 5.74) is 0. The fraction of sp³-hybridized carbons (Fsp3) is 0.917. The largest absolute Gasteiger partial charge is 0.381 e. The fourth-order valence-electron chi connectivity index (χ4n) is 2.27. The summed E-state index contributed by atoms with van der Waals surface area (Å²) in [6.45, 7) is 8.17. The van der Waals surface area contributed by atoms with Crippen molar-refractivity contribution >= 4 is 5.91 Å². The number of hydrogen-bond acceptors (Lipinski definition) is 2. The van der Waals surface area contributed by atoms with Crippen molar-refractivity contribution in [1.29, 1.82) is 0 Å². The van der Waals surface area contributed by atoms with Crippen LogP contribution in [-0.4, -0.2) is 36.1 Å². The molecule has 1 amide bonds. The molecule has 1 saturated heterocycles. The van der Waals surface area contributed by atoms with Crippen LogP contribution in [0.25, 0.3) is 0 Å². The van der Waals surface area contributed by atoms with Gasteiger partial charge in [0.2, 0.25) is 5.91 Å². The maximum Gasteiger partial charge on any atom is 0.228 e. The lowest BCUT2D eigenvalue weighted by Gasteiger charge is -2.31. The van der Waals surface area contributed by atoms with Crippen LogP contribution in [0.3, 0.4) is 0 Å². The summed E-state index contributed by atoms with van der Waals surface area (Å²) in [5, 5.41) is 0. The summed E-state index contributed by atoms with van der Waals surface area (Å²) in [6, 6.07) is 0.776. The highest BCUT2D eigenvalue weighted by molar-refractivity contribution is 5.80. The smallest absolute Gasteiger partial charge is 0.228 e. The lowest BCUT2D eigenvalue weighted by Crippen LogP contribution is -2.44. The molecule has 1 fully saturated rings. The van der Waals surface area contributed by atoms with Gasteiger partial charge in [0.15, 0.2) is 0 Å². The molecule has 0 radical (unpaired) electrons. The van der Waals surface area contributed by atoms with E-state index in [2.05, 4.69) is 13.8 Å². The molecule has 0 saturated carbocycles. The van der Waals surface area contributed by atoms with E-state index in [4.69, 9.17) is 4.74 Å². The minimum atomic E-state index is -0.0435. The van der Waals surface area contributed by atoms with Gasteiger partial charge in [-0.3, -0.25) is 4.79 Å². The predicted molar refractivity (Wildman–Crippen MR) is 60.6 cm³/mol. The Morgan fingerprint density at radius 1 is 1.27 bits per heavy atom. The Morgan fingerprint density at radius 3 is 2.13 bits per heavy atom. The number of carbonyl (C=O) groups excluding carboxylic acids is 1. The summed E-state index contributed by atoms with van der Waals surface area (Å²) in [4.78, 5) is 14.2. The second-order valence-corrected chi connectivity index (χ2v) is 4.75. The van der Waals surface area contributed by atoms with Crippen LogP contribution in [-0.2, 0) is 9.53 Å². The monoisotopic (exact) mass is 213 g/mol. The molecule has 1 aliphatic heterocycles. The van der Waals surface area contributed by atoms with Gasteiger partial charge in [-0.25, -0.2) is 0 Å². The summed E-state index contributed by atoms with van der Waals surface area (Å²) >= 11 is 0. The van der Waals surface area contributed by atoms with Crippen molar-refractivity contribution in [2.24, 2.45) is 5.92 Å². The van der Waals surface area contributed by atoms with Crippen molar-refractivity contribution in [2.75, 3.05) is 7.11 Å². The van der Waals surface area contributed by atoms with Crippen LogP contribution in [0.15, 0.2) is 0 Å². The first-order valence-corrected chi connectivity index (χ1v) is 5.84. The van der Waals surface area contributed by atoms with Crippen LogP contribution in [0.2, 0.25) is 0 Å². The Morgan fingerprint density at radius 2 is 1.73 bits per heavy atom. The molecule has 1 rings (SSSR count). The van der Waals surface area contributed by atoms with Crippen LogP contribution in [0, 0.1) is 5.92 Å². The highest BCUT2D eigenvalue weighted by Gasteiger charge is 2.35. The van der Waals surface area contributed by atoms with Crippen molar-refractivity contribution in [3.8, 4) is 0 Å². The minimum Gasteiger partial charge on any atom is -0.381 e. The molecule has 88 valence electrons. The standard InChI is InChI=1S/C12H23NO2/c1-8-6-7-9(2)13(8)12(14)10(3)11(4)15-5/h8-11H,6-7H2,1-5H3. The Kier molecular flexibility index (Phi) is 4.14. The number of amides is 1. The maximum atomic E-state index is 12.2. The normalized spacial score (nSPS) is 30.3. The van der Waals surface area contributed by atoms with Gasteiger partial charge in [0.1, 0.15) is 0 Å². The van der Waals surface area contributed by atoms with Gasteiger partial charge < -0.3 is 9.64 Å². The van der Waals surface area contributed by atoms with E-state index in [0.29, 0.717) is 12.1 Å². The summed E-state index contributed by atoms with van der Waals surface area (Å²) in [5.74, 6) is 0.194. The zero-order valence-electron chi connectivity index (χ0n) is 10.5. The SMILES string of the molecule is COC(C)C(C)C(=O)N1C(C)CCC1C. The van der Waals surface area contributed by atoms with Crippen LogP contribution in [0.4, 0.5) is 0 Å². The molecule has 3 nitrogen and oxygen atoms in total. The first-order valence-electron chi connectivity index (χ1n) is 5.84. The second-order valence-electron chi connectivity index (χ2n) is 4.75. The quantitative estimate of drug-likeness (QED) is 0.718. The van der Waals surface area contributed by atoms with Gasteiger partial charge in [-0.2, -0.15) is 0 Å². The molecule has 3 heteroatoms. The third kappa shape index (κ3) is 2.51. The molecule has 0 bridgehead atoms. The van der Waals surface area contributed by atoms with E-state index < -0.39 is 0 Å². The van der Waals surface area contributed by atoms with Crippen molar-refractivity contribution in [3.05, 3.63) is 0 Å². The first-order chi connectivity index (χ1) is 6.99. The molecule has 0 aromatic rings. The summed E-state index contributed by atoms with van der Waals surface area (Å²) < 4.78 is 5.22. The molecule has 15 heavy (non-hydrogen) atoms. The molecular formula is C12H23NO2. The van der Waals surface area contributed by atoms with Crippen LogP contribution in [0.5, 0.6) is 0 Å². The first kappa shape index (κ1) is 12.5. The number of hydrogen-bond donors (Lipinski definition) is 0. The fourth-order valence-corrected chi connectivity index (χ4v) is 2.27. The average molecular weight is 213 g/mol. The zero-order chi connectivity index (χ0) is 11.6. The van der Waals surface area contributed by atoms with Crippen LogP contribution >= 0.6 is 0 Å². The lowest BCUT2D eigenvalue weighted by atomic mass is 10.0. The molecule has 0 aromatic heterocycles. The molecule has 1 aliphatic rings. The number of rotatable bonds is 3. The molecule has 4 unspecified atom stereocenters. The number of carbonyl (C=O) groups is 1. The third-order valence-corrected chi connectivity index (χ3v) is 3.67. The van der Waals surface area contributed by atoms with E-state index >= 15 is 0 Å². The van der Waals surface area contributed by atoms with Crippen molar-refractivity contribution < 1.29 is 9.53 Å². The average Bonchev–Trinajstić information content (AvgIpc) is 2.55. The van der Waals surface area contributed by atoms with E-state index in [1.165, 1.54) is 0 Å². The topological polar surface area (TPSA) is 29.5 Å². The molecular weight excluding hydrogens is 190 g/mol. The van der Waals surface area contributed by atoms with Gasteiger partial charge >= 0.3 is 0 Å². The number of methoxy groups -OCH3 is 1. The highest BCUT2D eigenvalue weighted by atomic mass is 16.5. The molecule has 0 spiro atoms.